The third kappa shape index (κ3) is 22.8. The van der Waals surface area contributed by atoms with Gasteiger partial charge in [-0.2, -0.15) is 0 Å². The maximum absolute atomic E-state index is 10.8. The molecule has 0 saturated heterocycles. The molecule has 0 saturated carbocycles. The molecule has 0 atom stereocenters. The van der Waals surface area contributed by atoms with E-state index in [9.17, 15) is 19.2 Å². The normalized spacial score (nSPS) is 8.57. The Labute approximate surface area is 178 Å². The average Bonchev–Trinajstić information content (AvgIpc) is 2.70. The first-order chi connectivity index (χ1) is 13.9. The van der Waals surface area contributed by atoms with Gasteiger partial charge in [-0.25, -0.2) is 19.2 Å². The number of carbonyl (C=O) groups excluding carboxylic acids is 4. The lowest BCUT2D eigenvalue weighted by molar-refractivity contribution is -0.147. The van der Waals surface area contributed by atoms with Crippen molar-refractivity contribution in [1.29, 1.82) is 0 Å². The summed E-state index contributed by atoms with van der Waals surface area (Å²) in [6.45, 7) is 18.9. The molecule has 30 heavy (non-hydrogen) atoms. The van der Waals surface area contributed by atoms with Crippen molar-refractivity contribution in [3.63, 3.8) is 0 Å². The van der Waals surface area contributed by atoms with Crippen LogP contribution in [0, 0.1) is 0 Å². The molecule has 170 valence electrons. The fourth-order valence-electron chi connectivity index (χ4n) is 0.974. The van der Waals surface area contributed by atoms with Crippen molar-refractivity contribution < 1.29 is 42.9 Å². The molecule has 0 aliphatic rings. The van der Waals surface area contributed by atoms with Crippen LogP contribution in [-0.4, -0.2) is 64.5 Å². The van der Waals surface area contributed by atoms with Gasteiger partial charge in [0, 0.05) is 29.9 Å². The Kier molecular flexibility index (Phi) is 21.6. The second-order valence-electron chi connectivity index (χ2n) is 5.47. The van der Waals surface area contributed by atoms with Gasteiger partial charge in [0.2, 0.25) is 0 Å². The molecule has 0 amide bonds. The first kappa shape index (κ1) is 31.5. The molecule has 0 heterocycles. The van der Waals surface area contributed by atoms with Crippen LogP contribution in [0.4, 0.5) is 0 Å². The van der Waals surface area contributed by atoms with Gasteiger partial charge < -0.3 is 23.7 Å². The molecule has 0 spiro atoms. The highest BCUT2D eigenvalue weighted by molar-refractivity contribution is 5.87. The van der Waals surface area contributed by atoms with E-state index in [-0.39, 0.29) is 19.2 Å². The van der Waals surface area contributed by atoms with Crippen LogP contribution < -0.4 is 0 Å². The Bertz CT molecular complexity index is 590. The number of esters is 4. The minimum atomic E-state index is -0.489. The summed E-state index contributed by atoms with van der Waals surface area (Å²) in [5.74, 6) is -1.74. The Morgan fingerprint density at radius 2 is 1.03 bits per heavy atom. The number of hydrogen-bond donors (Lipinski definition) is 0. The molecule has 0 N–H and O–H groups in total. The molecule has 0 aromatic carbocycles. The molecule has 0 fully saturated rings. The molecule has 0 aliphatic heterocycles. The molecule has 9 heteroatoms. The maximum atomic E-state index is 10.8. The van der Waals surface area contributed by atoms with E-state index in [0.29, 0.717) is 29.9 Å². The highest BCUT2D eigenvalue weighted by Gasteiger charge is 2.05. The van der Waals surface area contributed by atoms with Crippen LogP contribution in [0.3, 0.4) is 0 Å². The van der Waals surface area contributed by atoms with Gasteiger partial charge in [-0.05, 0) is 20.8 Å². The lowest BCUT2D eigenvalue weighted by atomic mass is 10.4. The van der Waals surface area contributed by atoms with E-state index in [2.05, 4.69) is 50.0 Å². The van der Waals surface area contributed by atoms with Crippen LogP contribution in [-0.2, 0) is 42.9 Å². The summed E-state index contributed by atoms with van der Waals surface area (Å²) in [5, 5.41) is 0. The summed E-state index contributed by atoms with van der Waals surface area (Å²) in [6.07, 6.45) is 1.12. The molecule has 0 bridgehead atoms. The van der Waals surface area contributed by atoms with Crippen LogP contribution in [0.5, 0.6) is 0 Å². The Balaban J connectivity index is -0.000000393. The summed E-state index contributed by atoms with van der Waals surface area (Å²) in [5.41, 5.74) is 1.06. The Morgan fingerprint density at radius 1 is 0.667 bits per heavy atom. The van der Waals surface area contributed by atoms with Crippen molar-refractivity contribution in [1.82, 2.24) is 0 Å². The van der Waals surface area contributed by atoms with Gasteiger partial charge in [-0.15, -0.1) is 0 Å². The van der Waals surface area contributed by atoms with E-state index in [1.807, 2.05) is 0 Å². The largest absolute Gasteiger partial charge is 0.466 e. The van der Waals surface area contributed by atoms with Crippen molar-refractivity contribution in [2.75, 3.05) is 40.6 Å². The minimum absolute atomic E-state index is 0.0325. The maximum Gasteiger partial charge on any atom is 0.333 e. The summed E-state index contributed by atoms with van der Waals surface area (Å²) < 4.78 is 22.8. The summed E-state index contributed by atoms with van der Waals surface area (Å²) in [6, 6.07) is 0. The molecule has 0 aromatic heterocycles. The second-order valence-corrected chi connectivity index (χ2v) is 5.47. The lowest BCUT2D eigenvalue weighted by Crippen LogP contribution is -2.14. The van der Waals surface area contributed by atoms with Crippen molar-refractivity contribution in [3.05, 3.63) is 49.1 Å². The minimum Gasteiger partial charge on any atom is -0.466 e. The van der Waals surface area contributed by atoms with Crippen molar-refractivity contribution >= 4 is 23.9 Å². The average molecular weight is 428 g/mol. The monoisotopic (exact) mass is 428 g/mol. The van der Waals surface area contributed by atoms with Crippen LogP contribution in [0.25, 0.3) is 0 Å². The smallest absolute Gasteiger partial charge is 0.333 e. The molecule has 0 radical (unpaired) electrons. The quantitative estimate of drug-likeness (QED) is 0.224. The molecule has 9 nitrogen and oxygen atoms in total. The second kappa shape index (κ2) is 20.5. The molecule has 0 rings (SSSR count). The van der Waals surface area contributed by atoms with E-state index in [1.54, 1.807) is 27.9 Å². The predicted molar refractivity (Wildman–Crippen MR) is 111 cm³/mol. The fourth-order valence-corrected chi connectivity index (χ4v) is 0.974. The van der Waals surface area contributed by atoms with Crippen molar-refractivity contribution in [3.8, 4) is 0 Å². The highest BCUT2D eigenvalue weighted by atomic mass is 16.6. The van der Waals surface area contributed by atoms with E-state index in [1.165, 1.54) is 7.11 Å². The molecular weight excluding hydrogens is 396 g/mol. The van der Waals surface area contributed by atoms with Crippen LogP contribution in [0.1, 0.15) is 20.8 Å². The molecule has 0 aliphatic carbocycles. The van der Waals surface area contributed by atoms with E-state index in [0.717, 1.165) is 6.08 Å². The first-order valence-corrected chi connectivity index (χ1v) is 8.61. The van der Waals surface area contributed by atoms with Gasteiger partial charge in [-0.3, -0.25) is 0 Å². The fraction of sp³-hybridized carbons (Fsp3) is 0.429. The zero-order valence-electron chi connectivity index (χ0n) is 18.4. The molecular formula is C21H32O9. The summed E-state index contributed by atoms with van der Waals surface area (Å²) in [4.78, 5) is 42.2. The number of carbonyl (C=O) groups is 4. The van der Waals surface area contributed by atoms with Crippen LogP contribution >= 0.6 is 0 Å². The number of ether oxygens (including phenoxy) is 5. The Morgan fingerprint density at radius 3 is 1.27 bits per heavy atom. The third-order valence-electron chi connectivity index (χ3n) is 2.48. The van der Waals surface area contributed by atoms with Gasteiger partial charge in [-0.1, -0.05) is 26.3 Å². The summed E-state index contributed by atoms with van der Waals surface area (Å²) >= 11 is 0. The highest BCUT2D eigenvalue weighted by Crippen LogP contribution is 1.94. The van der Waals surface area contributed by atoms with Gasteiger partial charge >= 0.3 is 23.9 Å². The van der Waals surface area contributed by atoms with Gasteiger partial charge in [0.25, 0.3) is 0 Å². The molecule has 0 unspecified atom stereocenters. The zero-order valence-corrected chi connectivity index (χ0v) is 18.4. The van der Waals surface area contributed by atoms with E-state index < -0.39 is 17.9 Å². The van der Waals surface area contributed by atoms with Crippen LogP contribution in [0.2, 0.25) is 0 Å². The number of methoxy groups -OCH3 is 2. The predicted octanol–water partition coefficient (Wildman–Crippen LogP) is 2.32. The van der Waals surface area contributed by atoms with Crippen LogP contribution in [0.15, 0.2) is 49.1 Å². The van der Waals surface area contributed by atoms with E-state index in [4.69, 9.17) is 0 Å². The topological polar surface area (TPSA) is 114 Å². The van der Waals surface area contributed by atoms with Crippen molar-refractivity contribution in [2.45, 2.75) is 20.8 Å². The Hall–Kier alpha value is -3.20. The number of rotatable bonds is 10. The standard InChI is InChI=1S/C10H14O4.C6H10O3.C5H8O2/c1-7(2)9(11)13-5-6-14-10(12)8(3)4;1-3-6(7)9-5-4-8-2;1-4(2)5(6)7-3/h1,3,5-6H2,2,4H3;3H,1,4-5H2,2H3;1H2,2-3H3. The molecule has 0 aromatic rings. The lowest BCUT2D eigenvalue weighted by Gasteiger charge is -2.05. The summed E-state index contributed by atoms with van der Waals surface area (Å²) in [7, 11) is 2.87. The SMILES string of the molecule is C=C(C)C(=O)OC.C=C(C)C(=O)OCCOC(=O)C(=C)C.C=CC(=O)OCCOC. The van der Waals surface area contributed by atoms with Gasteiger partial charge in [0.05, 0.1) is 13.7 Å². The third-order valence-corrected chi connectivity index (χ3v) is 2.48. The number of hydrogen-bond acceptors (Lipinski definition) is 9. The van der Waals surface area contributed by atoms with Crippen molar-refractivity contribution in [2.24, 2.45) is 0 Å². The first-order valence-electron chi connectivity index (χ1n) is 8.61. The van der Waals surface area contributed by atoms with E-state index >= 15 is 0 Å². The van der Waals surface area contributed by atoms with Gasteiger partial charge in [0.15, 0.2) is 0 Å². The van der Waals surface area contributed by atoms with Gasteiger partial charge in [0.1, 0.15) is 19.8 Å². The zero-order chi connectivity index (χ0) is 24.1.